The maximum atomic E-state index is 12.9. The molecule has 6 nitrogen and oxygen atoms in total. The van der Waals surface area contributed by atoms with E-state index in [4.69, 9.17) is 9.84 Å². The third-order valence-corrected chi connectivity index (χ3v) is 4.57. The highest BCUT2D eigenvalue weighted by atomic mass is 16.5. The van der Waals surface area contributed by atoms with Crippen LogP contribution in [0.3, 0.4) is 0 Å². The Kier molecular flexibility index (Phi) is 3.88. The molecule has 1 aliphatic heterocycles. The first-order valence-corrected chi connectivity index (χ1v) is 7.99. The maximum absolute atomic E-state index is 12.9. The van der Waals surface area contributed by atoms with Crippen LogP contribution in [0, 0.1) is 0 Å². The Morgan fingerprint density at radius 2 is 1.96 bits per heavy atom. The standard InChI is InChI=1S/C17H22N2O4/c1-16(2)10-19(11-17(23-16)6-3-4-7-17)14(20)12-5-8-18-13(9-12)15(21)22/h5,8-9H,3-4,6-7,10-11H2,1-2H3,(H,21,22). The first-order valence-electron chi connectivity index (χ1n) is 7.99. The van der Waals surface area contributed by atoms with E-state index in [1.165, 1.54) is 12.3 Å². The van der Waals surface area contributed by atoms with Gasteiger partial charge < -0.3 is 14.7 Å². The zero-order valence-corrected chi connectivity index (χ0v) is 13.5. The number of carbonyl (C=O) groups is 2. The van der Waals surface area contributed by atoms with Crippen molar-refractivity contribution >= 4 is 11.9 Å². The minimum absolute atomic E-state index is 0.112. The molecule has 1 N–H and O–H groups in total. The SMILES string of the molecule is CC1(C)CN(C(=O)c2ccnc(C(=O)O)c2)CC2(CCCC2)O1. The molecule has 0 bridgehead atoms. The second-order valence-electron chi connectivity index (χ2n) is 7.15. The van der Waals surface area contributed by atoms with Crippen molar-refractivity contribution in [2.24, 2.45) is 0 Å². The summed E-state index contributed by atoms with van der Waals surface area (Å²) in [6.07, 6.45) is 5.55. The quantitative estimate of drug-likeness (QED) is 0.905. The van der Waals surface area contributed by atoms with E-state index in [-0.39, 0.29) is 17.2 Å². The molecule has 3 rings (SSSR count). The van der Waals surface area contributed by atoms with Gasteiger partial charge in [0.15, 0.2) is 0 Å². The van der Waals surface area contributed by atoms with Crippen LogP contribution >= 0.6 is 0 Å². The van der Waals surface area contributed by atoms with Crippen LogP contribution in [0.2, 0.25) is 0 Å². The van der Waals surface area contributed by atoms with Crippen LogP contribution in [0.5, 0.6) is 0 Å². The summed E-state index contributed by atoms with van der Waals surface area (Å²) in [5, 5.41) is 9.04. The molecule has 0 aromatic carbocycles. The number of morpholine rings is 1. The van der Waals surface area contributed by atoms with Crippen molar-refractivity contribution in [2.45, 2.75) is 50.7 Å². The first kappa shape index (κ1) is 15.9. The van der Waals surface area contributed by atoms with E-state index in [2.05, 4.69) is 4.98 Å². The molecule has 1 aromatic rings. The van der Waals surface area contributed by atoms with Gasteiger partial charge in [-0.1, -0.05) is 12.8 Å². The second kappa shape index (κ2) is 5.60. The van der Waals surface area contributed by atoms with Crippen molar-refractivity contribution in [3.05, 3.63) is 29.6 Å². The van der Waals surface area contributed by atoms with Gasteiger partial charge in [0.05, 0.1) is 17.7 Å². The van der Waals surface area contributed by atoms with Gasteiger partial charge in [-0.25, -0.2) is 9.78 Å². The number of carboxylic acids is 1. The molecule has 1 saturated carbocycles. The van der Waals surface area contributed by atoms with Crippen molar-refractivity contribution in [3.63, 3.8) is 0 Å². The van der Waals surface area contributed by atoms with Crippen molar-refractivity contribution in [1.29, 1.82) is 0 Å². The number of aromatic carboxylic acids is 1. The predicted molar refractivity (Wildman–Crippen MR) is 83.5 cm³/mol. The van der Waals surface area contributed by atoms with E-state index < -0.39 is 11.6 Å². The molecule has 0 atom stereocenters. The molecule has 1 aliphatic carbocycles. The summed E-state index contributed by atoms with van der Waals surface area (Å²) in [4.78, 5) is 29.5. The second-order valence-corrected chi connectivity index (χ2v) is 7.15. The topological polar surface area (TPSA) is 79.7 Å². The molecule has 2 aliphatic rings. The molecule has 23 heavy (non-hydrogen) atoms. The smallest absolute Gasteiger partial charge is 0.354 e. The van der Waals surface area contributed by atoms with Crippen molar-refractivity contribution in [3.8, 4) is 0 Å². The summed E-state index contributed by atoms with van der Waals surface area (Å²) in [6, 6.07) is 2.91. The fourth-order valence-corrected chi connectivity index (χ4v) is 3.80. The minimum Gasteiger partial charge on any atom is -0.477 e. The highest BCUT2D eigenvalue weighted by Crippen LogP contribution is 2.40. The zero-order valence-electron chi connectivity index (χ0n) is 13.5. The Morgan fingerprint density at radius 3 is 2.61 bits per heavy atom. The number of hydrogen-bond acceptors (Lipinski definition) is 4. The van der Waals surface area contributed by atoms with Gasteiger partial charge in [0.2, 0.25) is 0 Å². The lowest BCUT2D eigenvalue weighted by molar-refractivity contribution is -0.184. The largest absolute Gasteiger partial charge is 0.477 e. The van der Waals surface area contributed by atoms with Gasteiger partial charge in [-0.3, -0.25) is 4.79 Å². The lowest BCUT2D eigenvalue weighted by Crippen LogP contribution is -2.60. The van der Waals surface area contributed by atoms with Crippen LogP contribution < -0.4 is 0 Å². The van der Waals surface area contributed by atoms with Crippen LogP contribution in [0.25, 0.3) is 0 Å². The molecule has 2 heterocycles. The van der Waals surface area contributed by atoms with E-state index in [1.807, 2.05) is 13.8 Å². The fraction of sp³-hybridized carbons (Fsp3) is 0.588. The number of amides is 1. The molecule has 1 amide bonds. The summed E-state index contributed by atoms with van der Waals surface area (Å²) in [5.74, 6) is -1.29. The predicted octanol–water partition coefficient (Wildman–Crippen LogP) is 2.34. The van der Waals surface area contributed by atoms with E-state index in [9.17, 15) is 9.59 Å². The monoisotopic (exact) mass is 318 g/mol. The summed E-state index contributed by atoms with van der Waals surface area (Å²) < 4.78 is 6.30. The number of aromatic nitrogens is 1. The van der Waals surface area contributed by atoms with E-state index >= 15 is 0 Å². The van der Waals surface area contributed by atoms with Crippen LogP contribution in [0.15, 0.2) is 18.3 Å². The molecule has 6 heteroatoms. The average Bonchev–Trinajstić information content (AvgIpc) is 2.92. The summed E-state index contributed by atoms with van der Waals surface area (Å²) in [7, 11) is 0. The molecule has 124 valence electrons. The van der Waals surface area contributed by atoms with Crippen LogP contribution in [0.4, 0.5) is 0 Å². The van der Waals surface area contributed by atoms with Crippen LogP contribution in [-0.2, 0) is 4.74 Å². The summed E-state index contributed by atoms with van der Waals surface area (Å²) in [5.41, 5.74) is -0.400. The molecule has 1 saturated heterocycles. The number of carboxylic acid groups (broad SMARTS) is 1. The Bertz CT molecular complexity index is 635. The third kappa shape index (κ3) is 3.22. The number of hydrogen-bond donors (Lipinski definition) is 1. The Labute approximate surface area is 135 Å². The van der Waals surface area contributed by atoms with Crippen molar-refractivity contribution in [2.75, 3.05) is 13.1 Å². The van der Waals surface area contributed by atoms with Gasteiger partial charge in [-0.2, -0.15) is 0 Å². The van der Waals surface area contributed by atoms with Crippen LogP contribution in [0.1, 0.15) is 60.4 Å². The molecule has 0 unspecified atom stereocenters. The summed E-state index contributed by atoms with van der Waals surface area (Å²) in [6.45, 7) is 5.07. The van der Waals surface area contributed by atoms with Gasteiger partial charge in [-0.15, -0.1) is 0 Å². The number of carbonyl (C=O) groups excluding carboxylic acids is 1. The van der Waals surface area contributed by atoms with Gasteiger partial charge in [-0.05, 0) is 38.8 Å². The van der Waals surface area contributed by atoms with E-state index in [0.29, 0.717) is 18.7 Å². The molecule has 1 spiro atoms. The molecular weight excluding hydrogens is 296 g/mol. The molecular formula is C17H22N2O4. The zero-order chi connectivity index (χ0) is 16.7. The normalized spacial score (nSPS) is 22.3. The average molecular weight is 318 g/mol. The fourth-order valence-electron chi connectivity index (χ4n) is 3.80. The Morgan fingerprint density at radius 1 is 1.26 bits per heavy atom. The maximum Gasteiger partial charge on any atom is 0.354 e. The highest BCUT2D eigenvalue weighted by molar-refractivity contribution is 5.96. The molecule has 2 fully saturated rings. The van der Waals surface area contributed by atoms with Crippen molar-refractivity contribution < 1.29 is 19.4 Å². The highest BCUT2D eigenvalue weighted by Gasteiger charge is 2.47. The Hall–Kier alpha value is -1.95. The molecule has 1 aromatic heterocycles. The van der Waals surface area contributed by atoms with Gasteiger partial charge in [0.1, 0.15) is 5.69 Å². The number of ether oxygens (including phenoxy) is 1. The lowest BCUT2D eigenvalue weighted by atomic mass is 9.93. The minimum atomic E-state index is -1.13. The Balaban J connectivity index is 1.86. The first-order chi connectivity index (χ1) is 10.8. The number of nitrogens with zero attached hydrogens (tertiary/aromatic N) is 2. The lowest BCUT2D eigenvalue weighted by Gasteiger charge is -2.48. The van der Waals surface area contributed by atoms with Gasteiger partial charge in [0, 0.05) is 18.3 Å². The number of rotatable bonds is 2. The number of pyridine rings is 1. The van der Waals surface area contributed by atoms with Gasteiger partial charge in [0.25, 0.3) is 5.91 Å². The van der Waals surface area contributed by atoms with Crippen molar-refractivity contribution in [1.82, 2.24) is 9.88 Å². The van der Waals surface area contributed by atoms with Gasteiger partial charge >= 0.3 is 5.97 Å². The van der Waals surface area contributed by atoms with E-state index in [0.717, 1.165) is 25.7 Å². The molecule has 0 radical (unpaired) electrons. The summed E-state index contributed by atoms with van der Waals surface area (Å²) >= 11 is 0. The van der Waals surface area contributed by atoms with E-state index in [1.54, 1.807) is 11.0 Å². The van der Waals surface area contributed by atoms with Crippen LogP contribution in [-0.4, -0.2) is 51.2 Å². The third-order valence-electron chi connectivity index (χ3n) is 4.57.